The van der Waals surface area contributed by atoms with Crippen molar-refractivity contribution in [3.8, 4) is 0 Å². The number of aliphatic imine (C=N–C) groups is 2. The molecule has 2 saturated heterocycles. The van der Waals surface area contributed by atoms with Crippen LogP contribution in [0.25, 0.3) is 0 Å². The fourth-order valence-corrected chi connectivity index (χ4v) is 11.8. The van der Waals surface area contributed by atoms with Gasteiger partial charge in [-0.3, -0.25) is 86.7 Å². The van der Waals surface area contributed by atoms with Crippen LogP contribution in [0.15, 0.2) is 70.6 Å². The average Bonchev–Trinajstić information content (AvgIpc) is 0.846. The Labute approximate surface area is 660 Å². The average molecular weight is 1600 g/mol. The number of aliphatic hydroxyl groups excluding tert-OH is 1. The van der Waals surface area contributed by atoms with Crippen molar-refractivity contribution in [1.82, 2.24) is 79.8 Å². The molecule has 16 amide bonds. The van der Waals surface area contributed by atoms with Gasteiger partial charge in [-0.2, -0.15) is 0 Å². The Morgan fingerprint density at radius 3 is 1.45 bits per heavy atom. The van der Waals surface area contributed by atoms with E-state index >= 15 is 0 Å². The highest BCUT2D eigenvalue weighted by molar-refractivity contribution is 6.01. The van der Waals surface area contributed by atoms with Crippen LogP contribution in [0.1, 0.15) is 134 Å². The summed E-state index contributed by atoms with van der Waals surface area (Å²) >= 11 is 0. The Bertz CT molecular complexity index is 3610. The van der Waals surface area contributed by atoms with Crippen molar-refractivity contribution in [1.29, 1.82) is 0 Å². The van der Waals surface area contributed by atoms with Crippen molar-refractivity contribution >= 4 is 106 Å². The molecule has 2 fully saturated rings. The number of rotatable bonds is 34. The molecule has 0 unspecified atom stereocenters. The molecule has 630 valence electrons. The molecule has 114 heavy (non-hydrogen) atoms. The summed E-state index contributed by atoms with van der Waals surface area (Å²) in [4.78, 5) is 231. The second-order valence-electron chi connectivity index (χ2n) is 27.6. The third-order valence-electron chi connectivity index (χ3n) is 18.1. The van der Waals surface area contributed by atoms with E-state index in [2.05, 4.69) is 89.7 Å². The second-order valence-corrected chi connectivity index (χ2v) is 27.6. The molecule has 2 aromatic carbocycles. The highest BCUT2D eigenvalue weighted by Crippen LogP contribution is 2.14. The van der Waals surface area contributed by atoms with Crippen molar-refractivity contribution in [2.75, 3.05) is 58.9 Å². The van der Waals surface area contributed by atoms with Crippen molar-refractivity contribution in [3.63, 3.8) is 0 Å². The molecule has 0 aromatic heterocycles. The normalized spacial score (nSPS) is 21.2. The van der Waals surface area contributed by atoms with Crippen molar-refractivity contribution in [3.05, 3.63) is 71.8 Å². The lowest BCUT2D eigenvalue weighted by atomic mass is 10.0. The van der Waals surface area contributed by atoms with Crippen LogP contribution in [0.2, 0.25) is 0 Å². The molecule has 42 heteroatoms. The number of primary amides is 1. The molecule has 42 nitrogen and oxygen atoms in total. The highest BCUT2D eigenvalue weighted by Gasteiger charge is 2.37. The summed E-state index contributed by atoms with van der Waals surface area (Å²) in [5.41, 5.74) is 47.0. The fourth-order valence-electron chi connectivity index (χ4n) is 11.8. The van der Waals surface area contributed by atoms with E-state index in [1.165, 1.54) is 0 Å². The van der Waals surface area contributed by atoms with Gasteiger partial charge in [-0.25, -0.2) is 0 Å². The number of nitrogens with one attached hydrogen (secondary N) is 15. The van der Waals surface area contributed by atoms with Crippen molar-refractivity contribution < 1.29 is 81.8 Å². The maximum Gasteiger partial charge on any atom is 0.245 e. The van der Waals surface area contributed by atoms with Gasteiger partial charge in [0.25, 0.3) is 0 Å². The summed E-state index contributed by atoms with van der Waals surface area (Å²) in [5.74, 6) is -15.5. The summed E-state index contributed by atoms with van der Waals surface area (Å²) in [6.07, 6.45) is -2.63. The third kappa shape index (κ3) is 37.1. The summed E-state index contributed by atoms with van der Waals surface area (Å²) < 4.78 is 0. The van der Waals surface area contributed by atoms with E-state index in [4.69, 9.17) is 45.9 Å². The number of unbranched alkanes of at least 4 members (excludes halogenated alkanes) is 2. The number of amides is 16. The standard InChI is InChI=1S/C72H115N25O17/c1-41(98)59(97-69(113)52(35-43-20-6-3-7-21-43)89-57(102)39-85-56(101)38-86-61(105)44(75)34-42-18-4-2-5-19-42)70(114)87-40-58(103)88-45-24-10-14-31-82-55(100)37-53-68(112)94-50(27-17-33-84-72(79)80)65(109)91-47(23-9-13-29-74)66(110)95-51(60(76)104)36-54(99)81-30-15-11-25-48(67(111)96-53)92-63(107)46(22-8-12-28-73)90-64(108)49(93-62(45)106)26-16-32-83-71(77)78/h2-7,18-21,41,44-53,59,98H,8-17,22-40,73-75H2,1H3,(H2,76,104)(H,81,99)(H,82,100)(H,85,101)(H,86,105)(H,87,114)(H,88,103)(H,89,102)(H,90,108)(H,91,109)(H,92,107)(H,93,106)(H,94,112)(H,95,110)(H,96,111)(H,97,113)(H4,77,78,83)(H4,79,80,84)/t41-,44+,45+,46+,47+,48+,49+,50+,51+,52+,53+,59+/m1/s1. The smallest absolute Gasteiger partial charge is 0.245 e. The second kappa shape index (κ2) is 51.8. The Morgan fingerprint density at radius 1 is 0.474 bits per heavy atom. The van der Waals surface area contributed by atoms with E-state index < -0.39 is 200 Å². The number of benzene rings is 2. The minimum absolute atomic E-state index is 0.0129. The molecular formula is C72H115N25O17. The van der Waals surface area contributed by atoms with Crippen LogP contribution >= 0.6 is 0 Å². The summed E-state index contributed by atoms with van der Waals surface area (Å²) in [6, 6.07) is 0.565. The molecule has 0 radical (unpaired) electrons. The van der Waals surface area contributed by atoms with Gasteiger partial charge in [-0.15, -0.1) is 0 Å². The Balaban J connectivity index is 1.67. The predicted molar refractivity (Wildman–Crippen MR) is 416 cm³/mol. The van der Waals surface area contributed by atoms with Gasteiger partial charge in [0.05, 0.1) is 44.6 Å². The first-order chi connectivity index (χ1) is 54.4. The summed E-state index contributed by atoms with van der Waals surface area (Å²) in [5, 5.41) is 48.9. The number of guanidine groups is 2. The molecule has 12 atom stereocenters. The topological polar surface area (TPSA) is 707 Å². The molecule has 2 aliphatic heterocycles. The van der Waals surface area contributed by atoms with Crippen LogP contribution in [0.4, 0.5) is 0 Å². The number of fused-ring (bicyclic) bond motifs is 3. The van der Waals surface area contributed by atoms with Gasteiger partial charge in [-0.05, 0) is 140 Å². The molecule has 2 aliphatic rings. The highest BCUT2D eigenvalue weighted by atomic mass is 16.3. The van der Waals surface area contributed by atoms with Crippen LogP contribution in [-0.2, 0) is 89.6 Å². The van der Waals surface area contributed by atoms with Gasteiger partial charge in [-0.1, -0.05) is 60.7 Å². The molecule has 4 rings (SSSR count). The molecule has 0 aliphatic carbocycles. The lowest BCUT2D eigenvalue weighted by Gasteiger charge is -2.28. The lowest BCUT2D eigenvalue weighted by Crippen LogP contribution is -2.61. The third-order valence-corrected chi connectivity index (χ3v) is 18.1. The number of carbonyl (C=O) groups is 16. The number of nitrogens with two attached hydrogens (primary N) is 8. The fraction of sp³-hybridized carbons (Fsp3) is 0.583. The Kier molecular flexibility index (Phi) is 43.0. The van der Waals surface area contributed by atoms with Gasteiger partial charge in [0, 0.05) is 32.6 Å². The first-order valence-electron chi connectivity index (χ1n) is 38.1. The number of nitrogens with zero attached hydrogens (tertiary/aromatic N) is 2. The Morgan fingerprint density at radius 2 is 0.921 bits per heavy atom. The largest absolute Gasteiger partial charge is 0.391 e. The minimum Gasteiger partial charge on any atom is -0.391 e. The van der Waals surface area contributed by atoms with Gasteiger partial charge < -0.3 is 131 Å². The molecule has 32 N–H and O–H groups in total. The van der Waals surface area contributed by atoms with Crippen LogP contribution in [-0.4, -0.2) is 243 Å². The van der Waals surface area contributed by atoms with Gasteiger partial charge >= 0.3 is 0 Å². The summed E-state index contributed by atoms with van der Waals surface area (Å²) in [7, 11) is 0. The Hall–Kier alpha value is -11.7. The maximum absolute atomic E-state index is 14.8. The van der Waals surface area contributed by atoms with Crippen LogP contribution in [0.5, 0.6) is 0 Å². The van der Waals surface area contributed by atoms with Crippen LogP contribution in [0.3, 0.4) is 0 Å². The molecule has 2 aromatic rings. The van der Waals surface area contributed by atoms with E-state index in [9.17, 15) is 81.8 Å². The van der Waals surface area contributed by atoms with Crippen LogP contribution < -0.4 is 126 Å². The lowest BCUT2D eigenvalue weighted by molar-refractivity contribution is -0.137. The van der Waals surface area contributed by atoms with Gasteiger partial charge in [0.1, 0.15) is 60.4 Å². The molecule has 0 saturated carbocycles. The molecule has 2 bridgehead atoms. The molecule has 0 spiro atoms. The number of aliphatic hydroxyl groups is 1. The zero-order valence-electron chi connectivity index (χ0n) is 64.2. The maximum atomic E-state index is 14.8. The quantitative estimate of drug-likeness (QED) is 0.0176. The minimum atomic E-state index is -1.83. The molecular weight excluding hydrogens is 1490 g/mol. The predicted octanol–water partition coefficient (Wildman–Crippen LogP) is -9.39. The molecule has 2 heterocycles. The zero-order valence-corrected chi connectivity index (χ0v) is 64.2. The number of hydrogen-bond donors (Lipinski definition) is 24. The monoisotopic (exact) mass is 1600 g/mol. The van der Waals surface area contributed by atoms with Gasteiger partial charge in [0.2, 0.25) is 94.5 Å². The van der Waals surface area contributed by atoms with E-state index in [-0.39, 0.29) is 154 Å². The van der Waals surface area contributed by atoms with E-state index in [1.807, 2.05) is 0 Å². The number of carbonyl (C=O) groups excluding carboxylic acids is 16. The summed E-state index contributed by atoms with van der Waals surface area (Å²) in [6.45, 7) is -0.995. The SMILES string of the molecule is C[C@@H](O)[C@H](NC(=O)[C@H](Cc1ccccc1)NC(=O)CNC(=O)CNC(=O)[C@@H](N)Cc1ccccc1)C(=O)NCC(=O)N[C@H]1CCCCNC(=O)C[C@@H]2NC(=O)[C@H](CCCCNC(=O)C[C@@H](C(N)=O)NC(=O)[C@H](CCCCN)NC(=O)[C@H](CCCN=C(N)N)NC2=O)NC(=O)[C@H](CCCCN)NC(=O)[C@H](CCCN=C(N)N)NC1=O. The van der Waals surface area contributed by atoms with Crippen molar-refractivity contribution in [2.45, 2.75) is 208 Å². The van der Waals surface area contributed by atoms with E-state index in [0.717, 1.165) is 12.5 Å². The van der Waals surface area contributed by atoms with Gasteiger partial charge in [0.15, 0.2) is 11.9 Å². The zero-order chi connectivity index (χ0) is 84.1. The number of hydrogen-bond acceptors (Lipinski definition) is 22. The first-order valence-corrected chi connectivity index (χ1v) is 38.1. The van der Waals surface area contributed by atoms with E-state index in [1.54, 1.807) is 60.7 Å². The first kappa shape index (κ1) is 94.7. The van der Waals surface area contributed by atoms with Crippen molar-refractivity contribution in [2.24, 2.45) is 55.9 Å². The van der Waals surface area contributed by atoms with E-state index in [0.29, 0.717) is 18.4 Å². The van der Waals surface area contributed by atoms with Crippen LogP contribution in [0, 0.1) is 0 Å².